The lowest BCUT2D eigenvalue weighted by molar-refractivity contribution is -0.134. The minimum atomic E-state index is -0.286. The third kappa shape index (κ3) is 5.45. The second-order valence-corrected chi connectivity index (χ2v) is 6.07. The van der Waals surface area contributed by atoms with Crippen LogP contribution in [0.15, 0.2) is 36.4 Å². The van der Waals surface area contributed by atoms with Gasteiger partial charge >= 0.3 is 5.97 Å². The van der Waals surface area contributed by atoms with Crippen LogP contribution in [-0.2, 0) is 4.79 Å². The molecule has 0 spiro atoms. The Kier molecular flexibility index (Phi) is 6.31. The van der Waals surface area contributed by atoms with E-state index in [0.29, 0.717) is 28.8 Å². The van der Waals surface area contributed by atoms with E-state index < -0.39 is 0 Å². The molecule has 2 rings (SSSR count). The van der Waals surface area contributed by atoms with Gasteiger partial charge in [0.2, 0.25) is 0 Å². The predicted octanol–water partition coefficient (Wildman–Crippen LogP) is 5.37. The molecule has 122 valence electrons. The first-order chi connectivity index (χ1) is 11.0. The van der Waals surface area contributed by atoms with Crippen LogP contribution in [0.25, 0.3) is 0 Å². The summed E-state index contributed by atoms with van der Waals surface area (Å²) in [5.41, 5.74) is 1.78. The van der Waals surface area contributed by atoms with E-state index in [2.05, 4.69) is 0 Å². The van der Waals surface area contributed by atoms with Crippen LogP contribution >= 0.6 is 23.2 Å². The molecular formula is C18H18Cl2O3. The Morgan fingerprint density at radius 3 is 2.22 bits per heavy atom. The number of hydrogen-bond donors (Lipinski definition) is 0. The molecule has 0 aliphatic carbocycles. The molecule has 0 heterocycles. The Morgan fingerprint density at radius 2 is 1.61 bits per heavy atom. The van der Waals surface area contributed by atoms with Crippen molar-refractivity contribution in [1.29, 1.82) is 0 Å². The highest BCUT2D eigenvalue weighted by Crippen LogP contribution is 2.26. The minimum Gasteiger partial charge on any atom is -0.494 e. The second kappa shape index (κ2) is 8.23. The Labute approximate surface area is 146 Å². The summed E-state index contributed by atoms with van der Waals surface area (Å²) in [5.74, 6) is 0.963. The maximum absolute atomic E-state index is 11.8. The summed E-state index contributed by atoms with van der Waals surface area (Å²) in [6.45, 7) is 4.20. The average Bonchev–Trinajstić information content (AvgIpc) is 2.51. The quantitative estimate of drug-likeness (QED) is 0.398. The molecular weight excluding hydrogens is 335 g/mol. The van der Waals surface area contributed by atoms with Crippen molar-refractivity contribution < 1.29 is 14.3 Å². The highest BCUT2D eigenvalue weighted by molar-refractivity contribution is 6.32. The van der Waals surface area contributed by atoms with E-state index in [1.807, 2.05) is 13.8 Å². The summed E-state index contributed by atoms with van der Waals surface area (Å²) >= 11 is 11.9. The summed E-state index contributed by atoms with van der Waals surface area (Å²) < 4.78 is 10.9. The molecule has 0 unspecified atom stereocenters. The smallest absolute Gasteiger partial charge is 0.311 e. The van der Waals surface area contributed by atoms with E-state index in [4.69, 9.17) is 32.7 Å². The topological polar surface area (TPSA) is 35.5 Å². The van der Waals surface area contributed by atoms with Crippen LogP contribution < -0.4 is 9.47 Å². The van der Waals surface area contributed by atoms with Gasteiger partial charge in [0.05, 0.1) is 6.61 Å². The molecule has 0 saturated heterocycles. The van der Waals surface area contributed by atoms with Gasteiger partial charge in [0.15, 0.2) is 0 Å². The van der Waals surface area contributed by atoms with Gasteiger partial charge < -0.3 is 9.47 Å². The molecule has 0 radical (unpaired) electrons. The highest BCUT2D eigenvalue weighted by atomic mass is 35.5. The van der Waals surface area contributed by atoms with E-state index >= 15 is 0 Å². The van der Waals surface area contributed by atoms with Gasteiger partial charge in [-0.3, -0.25) is 4.79 Å². The van der Waals surface area contributed by atoms with Gasteiger partial charge in [-0.15, -0.1) is 0 Å². The number of carbonyl (C=O) groups is 1. The summed E-state index contributed by atoms with van der Waals surface area (Å²) in [6, 6.07) is 10.6. The largest absolute Gasteiger partial charge is 0.494 e. The lowest BCUT2D eigenvalue weighted by Gasteiger charge is -2.09. The van der Waals surface area contributed by atoms with Crippen LogP contribution in [0.1, 0.15) is 24.0 Å². The van der Waals surface area contributed by atoms with Crippen LogP contribution in [-0.4, -0.2) is 12.6 Å². The van der Waals surface area contributed by atoms with Gasteiger partial charge in [0.25, 0.3) is 0 Å². The van der Waals surface area contributed by atoms with E-state index in [-0.39, 0.29) is 12.4 Å². The molecule has 23 heavy (non-hydrogen) atoms. The third-order valence-corrected chi connectivity index (χ3v) is 4.10. The summed E-state index contributed by atoms with van der Waals surface area (Å²) in [7, 11) is 0. The van der Waals surface area contributed by atoms with Gasteiger partial charge in [0, 0.05) is 16.5 Å². The van der Waals surface area contributed by atoms with Gasteiger partial charge in [0.1, 0.15) is 11.5 Å². The molecule has 0 bridgehead atoms. The van der Waals surface area contributed by atoms with E-state index in [1.54, 1.807) is 36.4 Å². The normalized spacial score (nSPS) is 10.4. The molecule has 0 N–H and O–H groups in total. The molecule has 2 aromatic carbocycles. The molecule has 0 amide bonds. The van der Waals surface area contributed by atoms with E-state index in [9.17, 15) is 4.79 Å². The van der Waals surface area contributed by atoms with Crippen molar-refractivity contribution in [2.75, 3.05) is 6.61 Å². The van der Waals surface area contributed by atoms with Crippen LogP contribution in [0.5, 0.6) is 11.5 Å². The Balaban J connectivity index is 1.76. The molecule has 0 aliphatic heterocycles. The number of rotatable bonds is 6. The number of benzene rings is 2. The van der Waals surface area contributed by atoms with Crippen LogP contribution in [0.2, 0.25) is 10.0 Å². The fraction of sp³-hybridized carbons (Fsp3) is 0.278. The molecule has 0 fully saturated rings. The lowest BCUT2D eigenvalue weighted by Crippen LogP contribution is -2.10. The highest BCUT2D eigenvalue weighted by Gasteiger charge is 2.08. The number of esters is 1. The third-order valence-electron chi connectivity index (χ3n) is 3.25. The molecule has 5 heteroatoms. The van der Waals surface area contributed by atoms with Crippen molar-refractivity contribution in [3.63, 3.8) is 0 Å². The van der Waals surface area contributed by atoms with Crippen molar-refractivity contribution >= 4 is 29.2 Å². The first kappa shape index (κ1) is 17.6. The number of halogens is 2. The monoisotopic (exact) mass is 352 g/mol. The van der Waals surface area contributed by atoms with Gasteiger partial charge in [-0.05, 0) is 67.8 Å². The first-order valence-electron chi connectivity index (χ1n) is 7.31. The Hall–Kier alpha value is -1.71. The SMILES string of the molecule is Cc1cc(OC(=O)CCCOc2ccc(Cl)cc2)cc(C)c1Cl. The molecule has 2 aromatic rings. The van der Waals surface area contributed by atoms with Crippen LogP contribution in [0.4, 0.5) is 0 Å². The van der Waals surface area contributed by atoms with Crippen molar-refractivity contribution in [2.24, 2.45) is 0 Å². The zero-order valence-electron chi connectivity index (χ0n) is 13.1. The van der Waals surface area contributed by atoms with Crippen molar-refractivity contribution in [3.05, 3.63) is 57.6 Å². The molecule has 0 aromatic heterocycles. The van der Waals surface area contributed by atoms with E-state index in [0.717, 1.165) is 16.9 Å². The summed E-state index contributed by atoms with van der Waals surface area (Å²) in [6.07, 6.45) is 0.862. The fourth-order valence-corrected chi connectivity index (χ4v) is 2.32. The molecule has 3 nitrogen and oxygen atoms in total. The van der Waals surface area contributed by atoms with Gasteiger partial charge in [-0.25, -0.2) is 0 Å². The summed E-state index contributed by atoms with van der Waals surface area (Å²) in [5, 5.41) is 1.36. The Morgan fingerprint density at radius 1 is 1.00 bits per heavy atom. The summed E-state index contributed by atoms with van der Waals surface area (Å²) in [4.78, 5) is 11.8. The number of carbonyl (C=O) groups excluding carboxylic acids is 1. The number of ether oxygens (including phenoxy) is 2. The maximum atomic E-state index is 11.8. The molecule has 0 aliphatic rings. The van der Waals surface area contributed by atoms with Crippen LogP contribution in [0.3, 0.4) is 0 Å². The standard InChI is InChI=1S/C18H18Cl2O3/c1-12-10-16(11-13(2)18(12)20)23-17(21)4-3-9-22-15-7-5-14(19)6-8-15/h5-8,10-11H,3-4,9H2,1-2H3. The van der Waals surface area contributed by atoms with Crippen molar-refractivity contribution in [2.45, 2.75) is 26.7 Å². The van der Waals surface area contributed by atoms with E-state index in [1.165, 1.54) is 0 Å². The zero-order valence-corrected chi connectivity index (χ0v) is 14.6. The zero-order chi connectivity index (χ0) is 16.8. The lowest BCUT2D eigenvalue weighted by atomic mass is 10.1. The second-order valence-electron chi connectivity index (χ2n) is 5.25. The van der Waals surface area contributed by atoms with Crippen molar-refractivity contribution in [1.82, 2.24) is 0 Å². The minimum absolute atomic E-state index is 0.286. The fourth-order valence-electron chi connectivity index (χ4n) is 2.08. The predicted molar refractivity (Wildman–Crippen MR) is 92.7 cm³/mol. The van der Waals surface area contributed by atoms with Gasteiger partial charge in [-0.1, -0.05) is 23.2 Å². The first-order valence-corrected chi connectivity index (χ1v) is 8.07. The average molecular weight is 353 g/mol. The van der Waals surface area contributed by atoms with Crippen LogP contribution in [0, 0.1) is 13.8 Å². The molecule has 0 atom stereocenters. The number of hydrogen-bond acceptors (Lipinski definition) is 3. The van der Waals surface area contributed by atoms with Gasteiger partial charge in [-0.2, -0.15) is 0 Å². The maximum Gasteiger partial charge on any atom is 0.311 e. The molecule has 0 saturated carbocycles. The van der Waals surface area contributed by atoms with Crippen molar-refractivity contribution in [3.8, 4) is 11.5 Å². The Bertz CT molecular complexity index is 658. The number of aryl methyl sites for hydroxylation is 2.